The summed E-state index contributed by atoms with van der Waals surface area (Å²) in [4.78, 5) is 15.7. The fourth-order valence-electron chi connectivity index (χ4n) is 3.95. The molecular weight excluding hydrogens is 363 g/mol. The lowest BCUT2D eigenvalue weighted by Crippen LogP contribution is -2.50. The number of piperidine rings is 1. The first kappa shape index (κ1) is 16.9. The highest BCUT2D eigenvalue weighted by Crippen LogP contribution is 2.43. The van der Waals surface area contributed by atoms with Gasteiger partial charge in [-0.05, 0) is 24.5 Å². The Bertz CT molecular complexity index is 612. The van der Waals surface area contributed by atoms with Gasteiger partial charge in [-0.25, -0.2) is 4.39 Å². The number of carbonyl (C=O) groups excluding carboxylic acids is 1. The third kappa shape index (κ3) is 3.30. The maximum absolute atomic E-state index is 14.1. The predicted octanol–water partition coefficient (Wildman–Crippen LogP) is 2.25. The minimum Gasteiger partial charge on any atom is -0.396 e. The molecule has 1 aromatic rings. The number of carbonyl (C=O) groups is 1. The maximum Gasteiger partial charge on any atom is 0.219 e. The van der Waals surface area contributed by atoms with Crippen LogP contribution in [-0.4, -0.2) is 53.6 Å². The van der Waals surface area contributed by atoms with Crippen molar-refractivity contribution in [1.29, 1.82) is 0 Å². The first-order valence-electron chi connectivity index (χ1n) is 7.96. The second kappa shape index (κ2) is 6.49. The molecule has 1 aromatic carbocycles. The van der Waals surface area contributed by atoms with Gasteiger partial charge in [0.05, 0.1) is 6.61 Å². The molecule has 4 nitrogen and oxygen atoms in total. The summed E-state index contributed by atoms with van der Waals surface area (Å²) in [5.74, 6) is 0.135. The zero-order chi connectivity index (χ0) is 16.6. The predicted molar refractivity (Wildman–Crippen MR) is 89.3 cm³/mol. The van der Waals surface area contributed by atoms with Crippen LogP contribution >= 0.6 is 15.9 Å². The topological polar surface area (TPSA) is 43.8 Å². The monoisotopic (exact) mass is 384 g/mol. The Morgan fingerprint density at radius 1 is 1.48 bits per heavy atom. The van der Waals surface area contributed by atoms with E-state index in [9.17, 15) is 14.3 Å². The number of benzene rings is 1. The average Bonchev–Trinajstić information content (AvgIpc) is 2.87. The standard InChI is InChI=1S/C17H22BrFN2O2/c1-12(23)21-5-4-17(11-22)10-20(8-14(17)9-21)7-13-2-3-15(18)6-16(13)19/h2-3,6,14,22H,4-5,7-11H2,1H3. The molecule has 2 aliphatic rings. The zero-order valence-corrected chi connectivity index (χ0v) is 14.9. The summed E-state index contributed by atoms with van der Waals surface area (Å²) in [6, 6.07) is 5.13. The van der Waals surface area contributed by atoms with E-state index < -0.39 is 0 Å². The third-order valence-corrected chi connectivity index (χ3v) is 5.87. The van der Waals surface area contributed by atoms with E-state index in [1.807, 2.05) is 11.0 Å². The molecule has 1 N–H and O–H groups in total. The van der Waals surface area contributed by atoms with Crippen LogP contribution in [0.25, 0.3) is 0 Å². The van der Waals surface area contributed by atoms with E-state index in [4.69, 9.17) is 0 Å². The lowest BCUT2D eigenvalue weighted by molar-refractivity contribution is -0.133. The lowest BCUT2D eigenvalue weighted by atomic mass is 9.73. The Hall–Kier alpha value is -0.980. The van der Waals surface area contributed by atoms with E-state index in [1.165, 1.54) is 6.07 Å². The van der Waals surface area contributed by atoms with Crippen LogP contribution in [0.1, 0.15) is 18.9 Å². The number of hydrogen-bond acceptors (Lipinski definition) is 3. The molecule has 2 heterocycles. The number of halogens is 2. The molecule has 0 bridgehead atoms. The smallest absolute Gasteiger partial charge is 0.219 e. The molecule has 2 aliphatic heterocycles. The number of amides is 1. The van der Waals surface area contributed by atoms with Gasteiger partial charge in [0.2, 0.25) is 5.91 Å². The van der Waals surface area contributed by atoms with Crippen LogP contribution in [-0.2, 0) is 11.3 Å². The van der Waals surface area contributed by atoms with Crippen LogP contribution in [0, 0.1) is 17.2 Å². The number of nitrogens with zero attached hydrogens (tertiary/aromatic N) is 2. The van der Waals surface area contributed by atoms with Crippen molar-refractivity contribution in [2.24, 2.45) is 11.3 Å². The molecule has 1 amide bonds. The van der Waals surface area contributed by atoms with Crippen LogP contribution in [0.2, 0.25) is 0 Å². The Balaban J connectivity index is 1.73. The summed E-state index contributed by atoms with van der Waals surface area (Å²) < 4.78 is 14.8. The van der Waals surface area contributed by atoms with Crippen molar-refractivity contribution in [3.8, 4) is 0 Å². The zero-order valence-electron chi connectivity index (χ0n) is 13.3. The quantitative estimate of drug-likeness (QED) is 0.868. The number of hydrogen-bond donors (Lipinski definition) is 1. The Labute approximate surface area is 144 Å². The normalized spacial score (nSPS) is 28.0. The minimum atomic E-state index is -0.211. The van der Waals surface area contributed by atoms with Crippen LogP contribution in [0.4, 0.5) is 4.39 Å². The highest BCUT2D eigenvalue weighted by atomic mass is 79.9. The second-order valence-corrected chi connectivity index (χ2v) is 7.75. The summed E-state index contributed by atoms with van der Waals surface area (Å²) in [6.07, 6.45) is 0.813. The molecule has 126 valence electrons. The molecule has 0 saturated carbocycles. The summed E-state index contributed by atoms with van der Waals surface area (Å²) in [5, 5.41) is 9.94. The molecule has 2 atom stereocenters. The summed E-state index contributed by atoms with van der Waals surface area (Å²) in [7, 11) is 0. The van der Waals surface area contributed by atoms with Crippen molar-refractivity contribution in [2.45, 2.75) is 19.9 Å². The van der Waals surface area contributed by atoms with Crippen LogP contribution in [0.5, 0.6) is 0 Å². The Morgan fingerprint density at radius 3 is 2.91 bits per heavy atom. The third-order valence-electron chi connectivity index (χ3n) is 5.37. The van der Waals surface area contributed by atoms with Gasteiger partial charge in [0.15, 0.2) is 0 Å². The highest BCUT2D eigenvalue weighted by Gasteiger charge is 2.49. The molecule has 2 unspecified atom stereocenters. The van der Waals surface area contributed by atoms with Crippen molar-refractivity contribution in [1.82, 2.24) is 9.80 Å². The molecular formula is C17H22BrFN2O2. The van der Waals surface area contributed by atoms with Gasteiger partial charge in [0.1, 0.15) is 5.82 Å². The minimum absolute atomic E-state index is 0.0916. The van der Waals surface area contributed by atoms with Gasteiger partial charge in [-0.1, -0.05) is 22.0 Å². The van der Waals surface area contributed by atoms with Crippen LogP contribution < -0.4 is 0 Å². The van der Waals surface area contributed by atoms with Gasteiger partial charge < -0.3 is 10.0 Å². The second-order valence-electron chi connectivity index (χ2n) is 6.84. The SMILES string of the molecule is CC(=O)N1CCC2(CO)CN(Cc3ccc(Br)cc3F)CC2C1. The Kier molecular flexibility index (Phi) is 4.76. The Morgan fingerprint density at radius 2 is 2.26 bits per heavy atom. The largest absolute Gasteiger partial charge is 0.396 e. The molecule has 23 heavy (non-hydrogen) atoms. The fourth-order valence-corrected chi connectivity index (χ4v) is 4.28. The van der Waals surface area contributed by atoms with Gasteiger partial charge in [-0.3, -0.25) is 9.69 Å². The van der Waals surface area contributed by atoms with E-state index in [0.29, 0.717) is 25.2 Å². The van der Waals surface area contributed by atoms with Gasteiger partial charge in [0, 0.05) is 55.1 Å². The number of likely N-dealkylation sites (tertiary alicyclic amines) is 2. The van der Waals surface area contributed by atoms with Crippen molar-refractivity contribution < 1.29 is 14.3 Å². The molecule has 2 saturated heterocycles. The first-order chi connectivity index (χ1) is 10.9. The number of aliphatic hydroxyl groups is 1. The van der Waals surface area contributed by atoms with E-state index in [0.717, 1.165) is 24.0 Å². The molecule has 0 aliphatic carbocycles. The van der Waals surface area contributed by atoms with Crippen molar-refractivity contribution in [2.75, 3.05) is 32.8 Å². The van der Waals surface area contributed by atoms with Crippen molar-refractivity contribution in [3.63, 3.8) is 0 Å². The first-order valence-corrected chi connectivity index (χ1v) is 8.75. The van der Waals surface area contributed by atoms with Gasteiger partial charge in [-0.15, -0.1) is 0 Å². The molecule has 0 aromatic heterocycles. The molecule has 0 spiro atoms. The molecule has 3 rings (SSSR count). The van der Waals surface area contributed by atoms with E-state index >= 15 is 0 Å². The van der Waals surface area contributed by atoms with Gasteiger partial charge >= 0.3 is 0 Å². The van der Waals surface area contributed by atoms with Crippen LogP contribution in [0.15, 0.2) is 22.7 Å². The number of aliphatic hydroxyl groups excluding tert-OH is 1. The summed E-state index contributed by atoms with van der Waals surface area (Å²) >= 11 is 3.27. The van der Waals surface area contributed by atoms with Gasteiger partial charge in [-0.2, -0.15) is 0 Å². The molecule has 2 fully saturated rings. The van der Waals surface area contributed by atoms with Crippen LogP contribution in [0.3, 0.4) is 0 Å². The maximum atomic E-state index is 14.1. The number of fused-ring (bicyclic) bond motifs is 1. The summed E-state index contributed by atoms with van der Waals surface area (Å²) in [5.41, 5.74) is 0.515. The van der Waals surface area contributed by atoms with Gasteiger partial charge in [0.25, 0.3) is 0 Å². The van der Waals surface area contributed by atoms with Crippen molar-refractivity contribution >= 4 is 21.8 Å². The number of rotatable bonds is 3. The average molecular weight is 385 g/mol. The fraction of sp³-hybridized carbons (Fsp3) is 0.588. The molecule has 0 radical (unpaired) electrons. The lowest BCUT2D eigenvalue weighted by Gasteiger charge is -2.42. The summed E-state index contributed by atoms with van der Waals surface area (Å²) in [6.45, 7) is 5.20. The van der Waals surface area contributed by atoms with E-state index in [-0.39, 0.29) is 29.7 Å². The van der Waals surface area contributed by atoms with Crippen molar-refractivity contribution in [3.05, 3.63) is 34.1 Å². The molecule has 6 heteroatoms. The van der Waals surface area contributed by atoms with E-state index in [1.54, 1.807) is 13.0 Å². The van der Waals surface area contributed by atoms with E-state index in [2.05, 4.69) is 20.8 Å². The highest BCUT2D eigenvalue weighted by molar-refractivity contribution is 9.10.